The molecular weight excluding hydrogens is 443 g/mol. The molecule has 0 aliphatic rings. The van der Waals surface area contributed by atoms with Crippen molar-refractivity contribution < 1.29 is 43.2 Å². The van der Waals surface area contributed by atoms with E-state index in [1.54, 1.807) is 0 Å². The van der Waals surface area contributed by atoms with Crippen LogP contribution in [0.4, 0.5) is 26.3 Å². The Bertz CT molecular complexity index is 849. The van der Waals surface area contributed by atoms with Crippen molar-refractivity contribution in [1.29, 1.82) is 0 Å². The van der Waals surface area contributed by atoms with Gasteiger partial charge in [0.2, 0.25) is 0 Å². The summed E-state index contributed by atoms with van der Waals surface area (Å²) in [7, 11) is -13.8. The second kappa shape index (κ2) is 6.85. The van der Waals surface area contributed by atoms with Crippen molar-refractivity contribution in [2.45, 2.75) is 24.9 Å². The number of rotatable bonds is 6. The molecule has 27 heavy (non-hydrogen) atoms. The summed E-state index contributed by atoms with van der Waals surface area (Å²) in [6.07, 6.45) is -1.12. The standard InChI is InChI=1S/C13H18F6NO4PS2/c1-4-25(3,5-2,11-9-7-6-8-10-11)20(26(21,22)12(14,15)16)27(23,24)13(17,18)19/h6-10H,4-5H2,1-3H3. The molecule has 1 aromatic rings. The Kier molecular flexibility index (Phi) is 6.13. The molecule has 0 amide bonds. The molecule has 0 radical (unpaired) electrons. The molecule has 1 aromatic carbocycles. The van der Waals surface area contributed by atoms with Gasteiger partial charge in [0.1, 0.15) is 0 Å². The SMILES string of the molecule is CCP(C)(CC)(c1ccccc1)N(S(=O)(=O)C(F)(F)F)S(=O)(=O)C(F)(F)F. The van der Waals surface area contributed by atoms with Gasteiger partial charge in [-0.3, -0.25) is 0 Å². The molecule has 0 unspecified atom stereocenters. The fraction of sp³-hybridized carbons (Fsp3) is 0.538. The molecule has 14 heteroatoms. The predicted octanol–water partition coefficient (Wildman–Crippen LogP) is 3.45. The van der Waals surface area contributed by atoms with E-state index in [4.69, 9.17) is 0 Å². The van der Waals surface area contributed by atoms with Crippen LogP contribution >= 0.6 is 6.75 Å². The van der Waals surface area contributed by atoms with Crippen molar-refractivity contribution in [2.75, 3.05) is 19.0 Å². The predicted molar refractivity (Wildman–Crippen MR) is 91.8 cm³/mol. The summed E-state index contributed by atoms with van der Waals surface area (Å²) in [5.41, 5.74) is -12.5. The molecule has 0 aliphatic heterocycles. The van der Waals surface area contributed by atoms with Crippen LogP contribution in [0.25, 0.3) is 0 Å². The van der Waals surface area contributed by atoms with Gasteiger partial charge in [0.05, 0.1) is 0 Å². The van der Waals surface area contributed by atoms with Gasteiger partial charge in [-0.2, -0.15) is 0 Å². The van der Waals surface area contributed by atoms with Crippen LogP contribution in [0.15, 0.2) is 30.3 Å². The minimum absolute atomic E-state index is 0.200. The van der Waals surface area contributed by atoms with Crippen molar-refractivity contribution >= 4 is 32.1 Å². The average molecular weight is 461 g/mol. The molecule has 0 atom stereocenters. The molecule has 0 aliphatic carbocycles. The first-order valence-electron chi connectivity index (χ1n) is 7.40. The zero-order valence-corrected chi connectivity index (χ0v) is 16.9. The Balaban J connectivity index is 4.22. The Hall–Kier alpha value is -0.910. The third-order valence-corrected chi connectivity index (χ3v) is 18.0. The van der Waals surface area contributed by atoms with E-state index in [1.807, 2.05) is 0 Å². The molecule has 0 saturated carbocycles. The van der Waals surface area contributed by atoms with Gasteiger partial charge in [-0.15, -0.1) is 0 Å². The van der Waals surface area contributed by atoms with E-state index >= 15 is 0 Å². The summed E-state index contributed by atoms with van der Waals surface area (Å²) in [6, 6.07) is 6.25. The first-order chi connectivity index (χ1) is 11.9. The summed E-state index contributed by atoms with van der Waals surface area (Å²) in [4.78, 5) is 0. The molecule has 1 rings (SSSR count). The quantitative estimate of drug-likeness (QED) is 0.481. The van der Waals surface area contributed by atoms with Crippen LogP contribution in [0.3, 0.4) is 0 Å². The van der Waals surface area contributed by atoms with Crippen LogP contribution < -0.4 is 5.30 Å². The van der Waals surface area contributed by atoms with Crippen molar-refractivity contribution in [3.8, 4) is 0 Å². The van der Waals surface area contributed by atoms with Gasteiger partial charge in [0.15, 0.2) is 0 Å². The van der Waals surface area contributed by atoms with Gasteiger partial charge in [-0.1, -0.05) is 0 Å². The molecular formula is C13H18F6NO4PS2. The first kappa shape index (κ1) is 24.1. The monoisotopic (exact) mass is 461 g/mol. The van der Waals surface area contributed by atoms with Gasteiger partial charge < -0.3 is 0 Å². The number of benzene rings is 1. The Morgan fingerprint density at radius 3 is 1.41 bits per heavy atom. The molecule has 0 N–H and O–H groups in total. The van der Waals surface area contributed by atoms with Gasteiger partial charge in [0, 0.05) is 0 Å². The van der Waals surface area contributed by atoms with Crippen LogP contribution in [-0.2, 0) is 20.0 Å². The van der Waals surface area contributed by atoms with Crippen molar-refractivity contribution in [2.24, 2.45) is 0 Å². The summed E-state index contributed by atoms with van der Waals surface area (Å²) in [6.45, 7) is -1.82. The van der Waals surface area contributed by atoms with Crippen LogP contribution in [0.5, 0.6) is 0 Å². The van der Waals surface area contributed by atoms with E-state index in [0.717, 1.165) is 18.8 Å². The van der Waals surface area contributed by atoms with Crippen molar-refractivity contribution in [1.82, 2.24) is 3.48 Å². The second-order valence-electron chi connectivity index (χ2n) is 6.03. The topological polar surface area (TPSA) is 71.5 Å². The van der Waals surface area contributed by atoms with Gasteiger partial charge in [-0.05, 0) is 0 Å². The first-order valence-corrected chi connectivity index (χ1v) is 13.3. The van der Waals surface area contributed by atoms with Crippen LogP contribution in [0.1, 0.15) is 13.8 Å². The van der Waals surface area contributed by atoms with E-state index in [-0.39, 0.29) is 5.30 Å². The average Bonchev–Trinajstić information content (AvgIpc) is 2.53. The van der Waals surface area contributed by atoms with Crippen LogP contribution in [0, 0.1) is 0 Å². The van der Waals surface area contributed by atoms with Crippen molar-refractivity contribution in [3.63, 3.8) is 0 Å². The number of alkyl halides is 6. The number of sulfonamides is 2. The summed E-state index contributed by atoms with van der Waals surface area (Å²) < 4.78 is 127. The molecule has 158 valence electrons. The fourth-order valence-corrected chi connectivity index (χ4v) is 15.0. The normalized spacial score (nSPS) is 16.1. The number of nitrogens with zero attached hydrogens (tertiary/aromatic N) is 1. The third kappa shape index (κ3) is 3.58. The number of hydrogen-bond donors (Lipinski definition) is 0. The van der Waals surface area contributed by atoms with Gasteiger partial charge >= 0.3 is 153 Å². The maximum atomic E-state index is 13.3. The maximum absolute atomic E-state index is 13.3. The van der Waals surface area contributed by atoms with E-state index in [1.165, 1.54) is 32.0 Å². The molecule has 0 spiro atoms. The van der Waals surface area contributed by atoms with E-state index in [2.05, 4.69) is 0 Å². The Morgan fingerprint density at radius 2 is 1.15 bits per heavy atom. The van der Waals surface area contributed by atoms with E-state index < -0.39 is 53.6 Å². The molecule has 0 heterocycles. The summed E-state index contributed by atoms with van der Waals surface area (Å²) in [5.74, 6) is 0. The van der Waals surface area contributed by atoms with E-state index in [9.17, 15) is 43.2 Å². The Morgan fingerprint density at radius 1 is 0.815 bits per heavy atom. The summed E-state index contributed by atoms with van der Waals surface area (Å²) in [5, 5.41) is -0.200. The molecule has 5 nitrogen and oxygen atoms in total. The molecule has 0 aromatic heterocycles. The number of halogens is 6. The third-order valence-electron chi connectivity index (χ3n) is 4.65. The number of hydrogen-bond acceptors (Lipinski definition) is 4. The zero-order chi connectivity index (χ0) is 21.6. The zero-order valence-electron chi connectivity index (χ0n) is 14.4. The van der Waals surface area contributed by atoms with Crippen LogP contribution in [-0.4, -0.2) is 50.3 Å². The van der Waals surface area contributed by atoms with Crippen molar-refractivity contribution in [3.05, 3.63) is 30.3 Å². The van der Waals surface area contributed by atoms with Crippen LogP contribution in [0.2, 0.25) is 0 Å². The fourth-order valence-electron chi connectivity index (χ4n) is 2.70. The molecule has 0 bridgehead atoms. The molecule has 0 saturated heterocycles. The minimum atomic E-state index is -6.88. The molecule has 0 fully saturated rings. The Labute approximate surface area is 153 Å². The van der Waals surface area contributed by atoms with E-state index in [0.29, 0.717) is 0 Å². The second-order valence-corrected chi connectivity index (χ2v) is 16.5. The van der Waals surface area contributed by atoms with Gasteiger partial charge in [-0.25, -0.2) is 0 Å². The van der Waals surface area contributed by atoms with Gasteiger partial charge in [0.25, 0.3) is 0 Å². The summed E-state index contributed by atoms with van der Waals surface area (Å²) >= 11 is 0.